The lowest BCUT2D eigenvalue weighted by Crippen LogP contribution is -2.37. The Bertz CT molecular complexity index is 217. The standard InChI is InChI=1S/C14H29N3.ClH/c1-16(2)14-4-3-10-17(11-7-14)12-13-5-8-15-9-6-13;/h13-15H,3-12H2,1-2H3;1H. The van der Waals surface area contributed by atoms with Gasteiger partial charge in [-0.1, -0.05) is 0 Å². The minimum Gasteiger partial charge on any atom is -0.317 e. The molecule has 1 unspecified atom stereocenters. The highest BCUT2D eigenvalue weighted by molar-refractivity contribution is 5.85. The largest absolute Gasteiger partial charge is 0.317 e. The van der Waals surface area contributed by atoms with Crippen LogP contribution >= 0.6 is 12.4 Å². The van der Waals surface area contributed by atoms with E-state index in [4.69, 9.17) is 0 Å². The van der Waals surface area contributed by atoms with E-state index in [-0.39, 0.29) is 12.4 Å². The van der Waals surface area contributed by atoms with E-state index < -0.39 is 0 Å². The van der Waals surface area contributed by atoms with Crippen molar-refractivity contribution in [2.45, 2.75) is 38.1 Å². The molecule has 4 heteroatoms. The average Bonchev–Trinajstić information content (AvgIpc) is 2.56. The molecule has 0 bridgehead atoms. The summed E-state index contributed by atoms with van der Waals surface area (Å²) < 4.78 is 0. The van der Waals surface area contributed by atoms with Crippen molar-refractivity contribution in [1.29, 1.82) is 0 Å². The van der Waals surface area contributed by atoms with Crippen LogP contribution in [-0.2, 0) is 0 Å². The van der Waals surface area contributed by atoms with E-state index >= 15 is 0 Å². The molecule has 0 aromatic heterocycles. The van der Waals surface area contributed by atoms with Crippen molar-refractivity contribution in [3.63, 3.8) is 0 Å². The lowest BCUT2D eigenvalue weighted by atomic mass is 9.97. The van der Waals surface area contributed by atoms with E-state index in [1.54, 1.807) is 0 Å². The Morgan fingerprint density at radius 3 is 2.44 bits per heavy atom. The van der Waals surface area contributed by atoms with E-state index in [1.165, 1.54) is 64.8 Å². The Labute approximate surface area is 119 Å². The average molecular weight is 276 g/mol. The third-order valence-electron chi connectivity index (χ3n) is 4.50. The highest BCUT2D eigenvalue weighted by atomic mass is 35.5. The summed E-state index contributed by atoms with van der Waals surface area (Å²) in [6.45, 7) is 6.46. The van der Waals surface area contributed by atoms with Gasteiger partial charge in [0.25, 0.3) is 0 Å². The summed E-state index contributed by atoms with van der Waals surface area (Å²) in [5, 5.41) is 3.46. The zero-order valence-electron chi connectivity index (χ0n) is 12.0. The second-order valence-corrected chi connectivity index (χ2v) is 6.04. The molecule has 0 amide bonds. The number of piperidine rings is 1. The van der Waals surface area contributed by atoms with Crippen LogP contribution in [-0.4, -0.2) is 62.7 Å². The van der Waals surface area contributed by atoms with Gasteiger partial charge in [0.15, 0.2) is 0 Å². The Kier molecular flexibility index (Phi) is 7.54. The molecule has 2 saturated heterocycles. The van der Waals surface area contributed by atoms with Gasteiger partial charge in [0.05, 0.1) is 0 Å². The third kappa shape index (κ3) is 5.04. The van der Waals surface area contributed by atoms with Crippen molar-refractivity contribution in [3.05, 3.63) is 0 Å². The molecular formula is C14H30ClN3. The molecule has 2 fully saturated rings. The number of nitrogens with one attached hydrogen (secondary N) is 1. The van der Waals surface area contributed by atoms with E-state index in [2.05, 4.69) is 29.2 Å². The molecule has 18 heavy (non-hydrogen) atoms. The number of hydrogen-bond donors (Lipinski definition) is 1. The molecule has 0 radical (unpaired) electrons. The highest BCUT2D eigenvalue weighted by Gasteiger charge is 2.21. The Morgan fingerprint density at radius 2 is 1.78 bits per heavy atom. The van der Waals surface area contributed by atoms with Gasteiger partial charge in [0.1, 0.15) is 0 Å². The second kappa shape index (κ2) is 8.36. The molecule has 108 valence electrons. The van der Waals surface area contributed by atoms with Gasteiger partial charge >= 0.3 is 0 Å². The molecule has 2 aliphatic heterocycles. The fourth-order valence-corrected chi connectivity index (χ4v) is 3.27. The maximum absolute atomic E-state index is 3.46. The van der Waals surface area contributed by atoms with Crippen molar-refractivity contribution < 1.29 is 0 Å². The summed E-state index contributed by atoms with van der Waals surface area (Å²) in [7, 11) is 4.46. The fraction of sp³-hybridized carbons (Fsp3) is 1.00. The third-order valence-corrected chi connectivity index (χ3v) is 4.50. The highest BCUT2D eigenvalue weighted by Crippen LogP contribution is 2.18. The fourth-order valence-electron chi connectivity index (χ4n) is 3.27. The lowest BCUT2D eigenvalue weighted by molar-refractivity contribution is 0.204. The number of rotatable bonds is 3. The molecule has 0 aromatic carbocycles. The van der Waals surface area contributed by atoms with Gasteiger partial charge in [-0.25, -0.2) is 0 Å². The maximum Gasteiger partial charge on any atom is 0.0102 e. The Balaban J connectivity index is 0.00000162. The van der Waals surface area contributed by atoms with Gasteiger partial charge in [-0.2, -0.15) is 0 Å². The molecule has 2 rings (SSSR count). The summed E-state index contributed by atoms with van der Waals surface area (Å²) in [6.07, 6.45) is 6.89. The minimum absolute atomic E-state index is 0. The summed E-state index contributed by atoms with van der Waals surface area (Å²) in [6, 6.07) is 0.813. The first-order chi connectivity index (χ1) is 8.25. The molecule has 1 atom stereocenters. The molecule has 2 aliphatic rings. The van der Waals surface area contributed by atoms with E-state index in [0.29, 0.717) is 0 Å². The first-order valence-electron chi connectivity index (χ1n) is 7.35. The predicted molar refractivity (Wildman–Crippen MR) is 80.6 cm³/mol. The van der Waals surface area contributed by atoms with Crippen molar-refractivity contribution in [3.8, 4) is 0 Å². The molecule has 1 N–H and O–H groups in total. The first kappa shape index (κ1) is 16.2. The number of halogens is 1. The number of hydrogen-bond acceptors (Lipinski definition) is 3. The summed E-state index contributed by atoms with van der Waals surface area (Å²) in [4.78, 5) is 5.13. The van der Waals surface area contributed by atoms with Crippen LogP contribution in [0.2, 0.25) is 0 Å². The van der Waals surface area contributed by atoms with Crippen molar-refractivity contribution in [2.24, 2.45) is 5.92 Å². The normalized spacial score (nSPS) is 27.8. The van der Waals surface area contributed by atoms with Crippen LogP contribution in [0.15, 0.2) is 0 Å². The Hall–Kier alpha value is 0.170. The van der Waals surface area contributed by atoms with Gasteiger partial charge in [-0.15, -0.1) is 12.4 Å². The Morgan fingerprint density at radius 1 is 1.06 bits per heavy atom. The quantitative estimate of drug-likeness (QED) is 0.848. The number of likely N-dealkylation sites (tertiary alicyclic amines) is 1. The van der Waals surface area contributed by atoms with Gasteiger partial charge in [-0.3, -0.25) is 0 Å². The van der Waals surface area contributed by atoms with Crippen molar-refractivity contribution >= 4 is 12.4 Å². The monoisotopic (exact) mass is 275 g/mol. The predicted octanol–water partition coefficient (Wildman–Crippen LogP) is 1.82. The smallest absolute Gasteiger partial charge is 0.0102 e. The summed E-state index contributed by atoms with van der Waals surface area (Å²) in [5.74, 6) is 0.951. The topological polar surface area (TPSA) is 18.5 Å². The molecule has 0 aliphatic carbocycles. The summed E-state index contributed by atoms with van der Waals surface area (Å²) >= 11 is 0. The van der Waals surface area contributed by atoms with Crippen LogP contribution in [0.1, 0.15) is 32.1 Å². The summed E-state index contributed by atoms with van der Waals surface area (Å²) in [5.41, 5.74) is 0. The molecule has 0 aromatic rings. The zero-order chi connectivity index (χ0) is 12.1. The van der Waals surface area contributed by atoms with Crippen LogP contribution in [0.25, 0.3) is 0 Å². The van der Waals surface area contributed by atoms with E-state index in [0.717, 1.165) is 12.0 Å². The zero-order valence-corrected chi connectivity index (χ0v) is 12.8. The van der Waals surface area contributed by atoms with Crippen LogP contribution in [0, 0.1) is 5.92 Å². The molecule has 0 saturated carbocycles. The van der Waals surface area contributed by atoms with Gasteiger partial charge in [-0.05, 0) is 78.3 Å². The molecule has 2 heterocycles. The van der Waals surface area contributed by atoms with Gasteiger partial charge in [0, 0.05) is 12.6 Å². The van der Waals surface area contributed by atoms with Crippen LogP contribution < -0.4 is 5.32 Å². The van der Waals surface area contributed by atoms with E-state index in [9.17, 15) is 0 Å². The molecular weight excluding hydrogens is 246 g/mol. The second-order valence-electron chi connectivity index (χ2n) is 6.04. The minimum atomic E-state index is 0. The van der Waals surface area contributed by atoms with Crippen LogP contribution in [0.4, 0.5) is 0 Å². The first-order valence-corrected chi connectivity index (χ1v) is 7.35. The number of nitrogens with zero attached hydrogens (tertiary/aromatic N) is 2. The molecule has 3 nitrogen and oxygen atoms in total. The van der Waals surface area contributed by atoms with Crippen LogP contribution in [0.3, 0.4) is 0 Å². The van der Waals surface area contributed by atoms with Gasteiger partial charge in [0.2, 0.25) is 0 Å². The SMILES string of the molecule is CN(C)C1CCCN(CC2CCNCC2)CC1.Cl. The molecule has 0 spiro atoms. The van der Waals surface area contributed by atoms with Gasteiger partial charge < -0.3 is 15.1 Å². The van der Waals surface area contributed by atoms with Crippen LogP contribution in [0.5, 0.6) is 0 Å². The lowest BCUT2D eigenvalue weighted by Gasteiger charge is -2.29. The van der Waals surface area contributed by atoms with E-state index in [1.807, 2.05) is 0 Å². The van der Waals surface area contributed by atoms with Crippen molar-refractivity contribution in [2.75, 3.05) is 46.8 Å². The van der Waals surface area contributed by atoms with Crippen molar-refractivity contribution in [1.82, 2.24) is 15.1 Å². The maximum atomic E-state index is 3.46.